The molecule has 2 aromatic heterocycles. The monoisotopic (exact) mass is 349 g/mol. The number of rotatable bonds is 4. The number of nitrogens with one attached hydrogen (secondary N) is 1. The van der Waals surface area contributed by atoms with Gasteiger partial charge in [-0.2, -0.15) is 23.4 Å². The number of hydrogen-bond donors (Lipinski definition) is 1. The third-order valence-electron chi connectivity index (χ3n) is 3.49. The highest BCUT2D eigenvalue weighted by Gasteiger charge is 2.34. The van der Waals surface area contributed by atoms with E-state index >= 15 is 0 Å². The average molecular weight is 349 g/mol. The van der Waals surface area contributed by atoms with Crippen molar-refractivity contribution < 1.29 is 18.0 Å². The van der Waals surface area contributed by atoms with Gasteiger partial charge in [0.2, 0.25) is 5.91 Å². The number of carbonyl (C=O) groups excluding carboxylic acids is 1. The van der Waals surface area contributed by atoms with Crippen LogP contribution in [0.3, 0.4) is 0 Å². The van der Waals surface area contributed by atoms with Crippen molar-refractivity contribution in [1.29, 1.82) is 0 Å². The Morgan fingerprint density at radius 1 is 1.24 bits per heavy atom. The van der Waals surface area contributed by atoms with Crippen LogP contribution in [0.2, 0.25) is 0 Å². The zero-order valence-electron chi connectivity index (χ0n) is 13.2. The van der Waals surface area contributed by atoms with Gasteiger partial charge in [0.05, 0.1) is 5.69 Å². The van der Waals surface area contributed by atoms with Gasteiger partial charge < -0.3 is 5.32 Å². The molecule has 0 atom stereocenters. The van der Waals surface area contributed by atoms with Gasteiger partial charge >= 0.3 is 6.18 Å². The van der Waals surface area contributed by atoms with Gasteiger partial charge in [-0.15, -0.1) is 0 Å². The van der Waals surface area contributed by atoms with E-state index in [1.807, 2.05) is 0 Å². The number of benzene rings is 1. The summed E-state index contributed by atoms with van der Waals surface area (Å²) in [5.41, 5.74) is 0.598. The summed E-state index contributed by atoms with van der Waals surface area (Å²) in [4.78, 5) is 12.0. The van der Waals surface area contributed by atoms with Gasteiger partial charge in [0.15, 0.2) is 5.69 Å². The lowest BCUT2D eigenvalue weighted by Gasteiger charge is -2.08. The summed E-state index contributed by atoms with van der Waals surface area (Å²) in [6.45, 7) is 1.16. The minimum atomic E-state index is -4.53. The average Bonchev–Trinajstić information content (AvgIpc) is 3.18. The highest BCUT2D eigenvalue weighted by molar-refractivity contribution is 5.90. The standard InChI is InChI=1S/C16H14F3N5O/c1-11-9-14(16(17,18)19)22-24(11)10-15(25)21-12-3-5-13(6-4-12)23-8-2-7-20-23/h2-9H,10H2,1H3,(H,21,25). The Labute approximate surface area is 140 Å². The molecule has 0 unspecified atom stereocenters. The zero-order chi connectivity index (χ0) is 18.0. The van der Waals surface area contributed by atoms with Crippen molar-refractivity contribution in [2.24, 2.45) is 0 Å². The maximum atomic E-state index is 12.6. The van der Waals surface area contributed by atoms with E-state index in [9.17, 15) is 18.0 Å². The van der Waals surface area contributed by atoms with Crippen molar-refractivity contribution in [3.05, 3.63) is 60.2 Å². The largest absolute Gasteiger partial charge is 0.435 e. The number of nitrogens with zero attached hydrogens (tertiary/aromatic N) is 4. The van der Waals surface area contributed by atoms with Crippen molar-refractivity contribution in [3.63, 3.8) is 0 Å². The van der Waals surface area contributed by atoms with Gasteiger partial charge in [0, 0.05) is 23.8 Å². The molecule has 0 saturated carbocycles. The summed E-state index contributed by atoms with van der Waals surface area (Å²) in [7, 11) is 0. The Balaban J connectivity index is 1.66. The number of aromatic nitrogens is 4. The first-order chi connectivity index (χ1) is 11.8. The van der Waals surface area contributed by atoms with Gasteiger partial charge in [-0.3, -0.25) is 9.48 Å². The predicted molar refractivity (Wildman–Crippen MR) is 84.2 cm³/mol. The molecular formula is C16H14F3N5O. The van der Waals surface area contributed by atoms with Crippen molar-refractivity contribution in [2.45, 2.75) is 19.6 Å². The molecule has 0 saturated heterocycles. The SMILES string of the molecule is Cc1cc(C(F)(F)F)nn1CC(=O)Nc1ccc(-n2cccn2)cc1. The number of aryl methyl sites for hydroxylation is 1. The molecule has 0 aliphatic rings. The highest BCUT2D eigenvalue weighted by Crippen LogP contribution is 2.28. The molecule has 6 nitrogen and oxygen atoms in total. The summed E-state index contributed by atoms with van der Waals surface area (Å²) in [5.74, 6) is -0.466. The molecule has 1 aromatic carbocycles. The molecule has 25 heavy (non-hydrogen) atoms. The number of carbonyl (C=O) groups is 1. The molecule has 0 bridgehead atoms. The van der Waals surface area contributed by atoms with Crippen LogP contribution in [0.5, 0.6) is 0 Å². The number of hydrogen-bond acceptors (Lipinski definition) is 3. The van der Waals surface area contributed by atoms with E-state index in [4.69, 9.17) is 0 Å². The lowest BCUT2D eigenvalue weighted by molar-refractivity contribution is -0.141. The summed E-state index contributed by atoms with van der Waals surface area (Å²) in [5, 5.41) is 10.1. The van der Waals surface area contributed by atoms with Crippen LogP contribution in [-0.4, -0.2) is 25.5 Å². The van der Waals surface area contributed by atoms with Crippen molar-refractivity contribution in [3.8, 4) is 5.69 Å². The molecule has 1 amide bonds. The topological polar surface area (TPSA) is 64.7 Å². The van der Waals surface area contributed by atoms with Gasteiger partial charge in [-0.25, -0.2) is 4.68 Å². The first-order valence-corrected chi connectivity index (χ1v) is 7.34. The first kappa shape index (κ1) is 16.7. The van der Waals surface area contributed by atoms with Crippen LogP contribution in [-0.2, 0) is 17.5 Å². The molecule has 0 radical (unpaired) electrons. The van der Waals surface area contributed by atoms with E-state index in [0.717, 1.165) is 16.4 Å². The predicted octanol–water partition coefficient (Wildman–Crippen LogP) is 3.03. The summed E-state index contributed by atoms with van der Waals surface area (Å²) >= 11 is 0. The Bertz CT molecular complexity index is 866. The van der Waals surface area contributed by atoms with E-state index < -0.39 is 17.8 Å². The fourth-order valence-electron chi connectivity index (χ4n) is 2.26. The van der Waals surface area contributed by atoms with E-state index in [1.165, 1.54) is 6.92 Å². The van der Waals surface area contributed by atoms with Crippen LogP contribution >= 0.6 is 0 Å². The molecule has 1 N–H and O–H groups in total. The molecule has 3 aromatic rings. The van der Waals surface area contributed by atoms with E-state index in [1.54, 1.807) is 47.4 Å². The quantitative estimate of drug-likeness (QED) is 0.787. The van der Waals surface area contributed by atoms with Crippen molar-refractivity contribution in [2.75, 3.05) is 5.32 Å². The smallest absolute Gasteiger partial charge is 0.324 e. The van der Waals surface area contributed by atoms with E-state index in [2.05, 4.69) is 15.5 Å². The Morgan fingerprint density at radius 2 is 1.96 bits per heavy atom. The molecule has 130 valence electrons. The van der Waals surface area contributed by atoms with Crippen LogP contribution in [0.1, 0.15) is 11.4 Å². The molecule has 0 spiro atoms. The van der Waals surface area contributed by atoms with Crippen LogP contribution in [0.15, 0.2) is 48.8 Å². The Hall–Kier alpha value is -3.10. The molecule has 0 aliphatic heterocycles. The summed E-state index contributed by atoms with van der Waals surface area (Å²) < 4.78 is 40.6. The number of anilines is 1. The molecule has 2 heterocycles. The maximum absolute atomic E-state index is 12.6. The molecule has 0 aliphatic carbocycles. The normalized spacial score (nSPS) is 11.5. The highest BCUT2D eigenvalue weighted by atomic mass is 19.4. The molecule has 9 heteroatoms. The number of alkyl halides is 3. The fraction of sp³-hybridized carbons (Fsp3) is 0.188. The van der Waals surface area contributed by atoms with Gasteiger partial charge in [-0.05, 0) is 43.3 Å². The van der Waals surface area contributed by atoms with E-state index in [0.29, 0.717) is 5.69 Å². The molecular weight excluding hydrogens is 335 g/mol. The van der Waals surface area contributed by atoms with Gasteiger partial charge in [0.1, 0.15) is 6.54 Å². The van der Waals surface area contributed by atoms with Gasteiger partial charge in [0.25, 0.3) is 0 Å². The first-order valence-electron chi connectivity index (χ1n) is 7.34. The molecule has 3 rings (SSSR count). The summed E-state index contributed by atoms with van der Waals surface area (Å²) in [6, 6.07) is 9.61. The lowest BCUT2D eigenvalue weighted by atomic mass is 10.3. The minimum absolute atomic E-state index is 0.261. The van der Waals surface area contributed by atoms with Crippen LogP contribution in [0.4, 0.5) is 18.9 Å². The second-order valence-corrected chi connectivity index (χ2v) is 5.37. The van der Waals surface area contributed by atoms with Crippen LogP contribution in [0, 0.1) is 6.92 Å². The maximum Gasteiger partial charge on any atom is 0.435 e. The second-order valence-electron chi connectivity index (χ2n) is 5.37. The second kappa shape index (κ2) is 6.42. The fourth-order valence-corrected chi connectivity index (χ4v) is 2.26. The lowest BCUT2D eigenvalue weighted by Crippen LogP contribution is -2.20. The number of halogens is 3. The van der Waals surface area contributed by atoms with E-state index in [-0.39, 0.29) is 12.2 Å². The molecule has 0 fully saturated rings. The van der Waals surface area contributed by atoms with Crippen LogP contribution in [0.25, 0.3) is 5.69 Å². The number of amides is 1. The minimum Gasteiger partial charge on any atom is -0.324 e. The third kappa shape index (κ3) is 3.87. The van der Waals surface area contributed by atoms with Crippen molar-refractivity contribution >= 4 is 11.6 Å². The Morgan fingerprint density at radius 3 is 2.52 bits per heavy atom. The van der Waals surface area contributed by atoms with Crippen molar-refractivity contribution in [1.82, 2.24) is 19.6 Å². The van der Waals surface area contributed by atoms with Crippen LogP contribution < -0.4 is 5.32 Å². The Kier molecular flexibility index (Phi) is 4.30. The summed E-state index contributed by atoms with van der Waals surface area (Å²) in [6.07, 6.45) is -1.10. The van der Waals surface area contributed by atoms with Gasteiger partial charge in [-0.1, -0.05) is 0 Å². The zero-order valence-corrected chi connectivity index (χ0v) is 13.2. The third-order valence-corrected chi connectivity index (χ3v) is 3.49.